The van der Waals surface area contributed by atoms with Gasteiger partial charge >= 0.3 is 5.97 Å². The normalized spacial score (nSPS) is 18.7. The zero-order valence-electron chi connectivity index (χ0n) is 11.2. The number of benzene rings is 1. The molecule has 1 atom stereocenters. The molecule has 0 aromatic heterocycles. The number of sulfonamides is 1. The van der Waals surface area contributed by atoms with Crippen molar-refractivity contribution in [1.82, 2.24) is 4.90 Å². The number of primary sulfonamides is 1. The molecule has 0 bridgehead atoms. The minimum Gasteiger partial charge on any atom is -0.480 e. The average Bonchev–Trinajstić information content (AvgIpc) is 2.86. The molecule has 1 aromatic carbocycles. The van der Waals surface area contributed by atoms with E-state index in [-0.39, 0.29) is 11.7 Å². The Labute approximate surface area is 122 Å². The maximum absolute atomic E-state index is 12.3. The summed E-state index contributed by atoms with van der Waals surface area (Å²) in [5, 5.41) is 14.0. The molecule has 2 rings (SSSR count). The summed E-state index contributed by atoms with van der Waals surface area (Å²) in [5.41, 5.74) is 0.812. The first-order valence-electron chi connectivity index (χ1n) is 6.41. The Kier molecular flexibility index (Phi) is 4.29. The molecule has 0 saturated carbocycles. The number of hydrogen-bond acceptors (Lipinski definition) is 4. The first-order chi connectivity index (χ1) is 9.78. The summed E-state index contributed by atoms with van der Waals surface area (Å²) in [6, 6.07) is 5.19. The Balaban J connectivity index is 2.15. The van der Waals surface area contributed by atoms with E-state index in [1.807, 2.05) is 0 Å². The standard InChI is InChI=1S/C13H16N2O5S/c14-21(19,20)8-9-3-5-10(6-4-9)12(16)15-7-1-2-11(15)13(17)18/h3-6,11H,1-2,7-8H2,(H,17,18)(H2,14,19,20)/t11-/m0/s1. The maximum atomic E-state index is 12.3. The van der Waals surface area contributed by atoms with Crippen LogP contribution in [-0.4, -0.2) is 42.9 Å². The highest BCUT2D eigenvalue weighted by molar-refractivity contribution is 7.88. The van der Waals surface area contributed by atoms with Gasteiger partial charge in [0.2, 0.25) is 10.0 Å². The summed E-state index contributed by atoms with van der Waals surface area (Å²) < 4.78 is 22.0. The van der Waals surface area contributed by atoms with Gasteiger partial charge in [-0.15, -0.1) is 0 Å². The van der Waals surface area contributed by atoms with Crippen LogP contribution in [0, 0.1) is 0 Å². The zero-order valence-corrected chi connectivity index (χ0v) is 12.0. The largest absolute Gasteiger partial charge is 0.480 e. The summed E-state index contributed by atoms with van der Waals surface area (Å²) in [5.74, 6) is -1.67. The van der Waals surface area contributed by atoms with Gasteiger partial charge < -0.3 is 10.0 Å². The molecule has 114 valence electrons. The van der Waals surface area contributed by atoms with E-state index in [0.717, 1.165) is 0 Å². The fourth-order valence-corrected chi connectivity index (χ4v) is 3.07. The van der Waals surface area contributed by atoms with Crippen molar-refractivity contribution in [2.45, 2.75) is 24.6 Å². The topological polar surface area (TPSA) is 118 Å². The zero-order chi connectivity index (χ0) is 15.6. The van der Waals surface area contributed by atoms with Crippen LogP contribution in [0.4, 0.5) is 0 Å². The van der Waals surface area contributed by atoms with E-state index in [2.05, 4.69) is 0 Å². The van der Waals surface area contributed by atoms with Crippen molar-refractivity contribution in [2.24, 2.45) is 5.14 Å². The molecule has 21 heavy (non-hydrogen) atoms. The molecular weight excluding hydrogens is 296 g/mol. The lowest BCUT2D eigenvalue weighted by Crippen LogP contribution is -2.40. The predicted octanol–water partition coefficient (Wildman–Crippen LogP) is 0.164. The van der Waals surface area contributed by atoms with E-state index in [1.165, 1.54) is 29.2 Å². The van der Waals surface area contributed by atoms with E-state index >= 15 is 0 Å². The fraction of sp³-hybridized carbons (Fsp3) is 0.385. The molecule has 0 radical (unpaired) electrons. The molecule has 1 aliphatic heterocycles. The Morgan fingerprint density at radius 3 is 2.43 bits per heavy atom. The molecule has 3 N–H and O–H groups in total. The average molecular weight is 312 g/mol. The van der Waals surface area contributed by atoms with E-state index in [4.69, 9.17) is 10.2 Å². The molecule has 0 unspecified atom stereocenters. The first kappa shape index (κ1) is 15.5. The number of rotatable bonds is 4. The molecule has 1 heterocycles. The number of aliphatic carboxylic acids is 1. The molecule has 7 nitrogen and oxygen atoms in total. The fourth-order valence-electron chi connectivity index (χ4n) is 2.41. The highest BCUT2D eigenvalue weighted by atomic mass is 32.2. The van der Waals surface area contributed by atoms with Crippen LogP contribution in [0.2, 0.25) is 0 Å². The van der Waals surface area contributed by atoms with Crippen LogP contribution in [0.3, 0.4) is 0 Å². The minimum atomic E-state index is -3.62. The molecule has 1 saturated heterocycles. The van der Waals surface area contributed by atoms with Crippen molar-refractivity contribution in [1.29, 1.82) is 0 Å². The molecule has 1 amide bonds. The van der Waals surface area contributed by atoms with Crippen LogP contribution in [-0.2, 0) is 20.6 Å². The number of carbonyl (C=O) groups is 2. The lowest BCUT2D eigenvalue weighted by molar-refractivity contribution is -0.141. The van der Waals surface area contributed by atoms with Gasteiger partial charge in [-0.2, -0.15) is 0 Å². The van der Waals surface area contributed by atoms with Crippen molar-refractivity contribution in [3.05, 3.63) is 35.4 Å². The van der Waals surface area contributed by atoms with Crippen molar-refractivity contribution >= 4 is 21.9 Å². The molecule has 1 aliphatic rings. The van der Waals surface area contributed by atoms with E-state index < -0.39 is 22.0 Å². The molecule has 1 fully saturated rings. The Morgan fingerprint density at radius 1 is 1.29 bits per heavy atom. The van der Waals surface area contributed by atoms with E-state index in [0.29, 0.717) is 30.5 Å². The number of amides is 1. The summed E-state index contributed by atoms with van der Waals surface area (Å²) in [6.45, 7) is 0.411. The lowest BCUT2D eigenvalue weighted by Gasteiger charge is -2.21. The van der Waals surface area contributed by atoms with Gasteiger partial charge in [0.1, 0.15) is 6.04 Å². The van der Waals surface area contributed by atoms with Crippen LogP contribution in [0.1, 0.15) is 28.8 Å². The second-order valence-corrected chi connectivity index (χ2v) is 6.61. The van der Waals surface area contributed by atoms with Gasteiger partial charge in [-0.1, -0.05) is 12.1 Å². The van der Waals surface area contributed by atoms with Crippen LogP contribution in [0.15, 0.2) is 24.3 Å². The lowest BCUT2D eigenvalue weighted by atomic mass is 10.1. The van der Waals surface area contributed by atoms with E-state index in [9.17, 15) is 18.0 Å². The highest BCUT2D eigenvalue weighted by Gasteiger charge is 2.34. The van der Waals surface area contributed by atoms with Gasteiger partial charge in [0.05, 0.1) is 5.75 Å². The number of nitrogens with two attached hydrogens (primary N) is 1. The van der Waals surface area contributed by atoms with Crippen molar-refractivity contribution < 1.29 is 23.1 Å². The Hall–Kier alpha value is -1.93. The summed E-state index contributed by atoms with van der Waals surface area (Å²) in [7, 11) is -3.62. The smallest absolute Gasteiger partial charge is 0.326 e. The van der Waals surface area contributed by atoms with Crippen LogP contribution < -0.4 is 5.14 Å². The highest BCUT2D eigenvalue weighted by Crippen LogP contribution is 2.20. The van der Waals surface area contributed by atoms with Crippen LogP contribution in [0.25, 0.3) is 0 Å². The predicted molar refractivity (Wildman–Crippen MR) is 74.9 cm³/mol. The van der Waals surface area contributed by atoms with Crippen LogP contribution >= 0.6 is 0 Å². The number of nitrogens with zero attached hydrogens (tertiary/aromatic N) is 1. The second-order valence-electron chi connectivity index (χ2n) is 5.00. The van der Waals surface area contributed by atoms with Gasteiger partial charge in [0.15, 0.2) is 0 Å². The van der Waals surface area contributed by atoms with Crippen molar-refractivity contribution in [3.63, 3.8) is 0 Å². The van der Waals surface area contributed by atoms with Gasteiger partial charge in [-0.05, 0) is 30.5 Å². The van der Waals surface area contributed by atoms with E-state index in [1.54, 1.807) is 0 Å². The van der Waals surface area contributed by atoms with Gasteiger partial charge in [-0.25, -0.2) is 18.4 Å². The summed E-state index contributed by atoms with van der Waals surface area (Å²) in [4.78, 5) is 24.7. The molecular formula is C13H16N2O5S. The van der Waals surface area contributed by atoms with Gasteiger partial charge in [0.25, 0.3) is 5.91 Å². The van der Waals surface area contributed by atoms with Crippen LogP contribution in [0.5, 0.6) is 0 Å². The quantitative estimate of drug-likeness (QED) is 0.821. The Bertz CT molecular complexity index is 654. The SMILES string of the molecule is NS(=O)(=O)Cc1ccc(C(=O)N2CCC[C@H]2C(=O)O)cc1. The summed E-state index contributed by atoms with van der Waals surface area (Å²) >= 11 is 0. The minimum absolute atomic E-state index is 0.303. The molecule has 8 heteroatoms. The summed E-state index contributed by atoms with van der Waals surface area (Å²) in [6.07, 6.45) is 1.11. The number of carboxylic acid groups (broad SMARTS) is 1. The van der Waals surface area contributed by atoms with Gasteiger partial charge in [-0.3, -0.25) is 4.79 Å². The molecule has 0 spiro atoms. The third kappa shape index (κ3) is 3.79. The maximum Gasteiger partial charge on any atom is 0.326 e. The molecule has 1 aromatic rings. The monoisotopic (exact) mass is 312 g/mol. The number of carbonyl (C=O) groups excluding carboxylic acids is 1. The third-order valence-corrected chi connectivity index (χ3v) is 4.10. The number of carboxylic acids is 1. The first-order valence-corrected chi connectivity index (χ1v) is 8.12. The van der Waals surface area contributed by atoms with Crippen molar-refractivity contribution in [3.8, 4) is 0 Å². The Morgan fingerprint density at radius 2 is 1.90 bits per heavy atom. The van der Waals surface area contributed by atoms with Gasteiger partial charge in [0, 0.05) is 12.1 Å². The molecule has 0 aliphatic carbocycles. The number of likely N-dealkylation sites (tertiary alicyclic amines) is 1. The van der Waals surface area contributed by atoms with Crippen molar-refractivity contribution in [2.75, 3.05) is 6.54 Å². The third-order valence-electron chi connectivity index (χ3n) is 3.37. The number of hydrogen-bond donors (Lipinski definition) is 2. The second kappa shape index (κ2) is 5.82.